The number of rotatable bonds is 3. The molecule has 0 aromatic heterocycles. The van der Waals surface area contributed by atoms with E-state index in [-0.39, 0.29) is 31.4 Å². The summed E-state index contributed by atoms with van der Waals surface area (Å²) in [7, 11) is 0. The van der Waals surface area contributed by atoms with E-state index < -0.39 is 17.6 Å². The zero-order chi connectivity index (χ0) is 13.9. The fourth-order valence-corrected chi connectivity index (χ4v) is 1.71. The van der Waals surface area contributed by atoms with Crippen molar-refractivity contribution in [3.05, 3.63) is 0 Å². The molecule has 1 aliphatic rings. The Hall–Kier alpha value is -1.63. The molecular weight excluding hydrogens is 238 g/mol. The minimum atomic E-state index is -1.06. The van der Waals surface area contributed by atoms with Crippen molar-refractivity contribution in [3.63, 3.8) is 0 Å². The molecule has 0 saturated carbocycles. The first-order valence-corrected chi connectivity index (χ1v) is 5.75. The zero-order valence-corrected chi connectivity index (χ0v) is 10.8. The van der Waals surface area contributed by atoms with Gasteiger partial charge in [0.05, 0.1) is 6.54 Å². The van der Waals surface area contributed by atoms with E-state index in [0.717, 1.165) is 0 Å². The van der Waals surface area contributed by atoms with Crippen LogP contribution in [0.15, 0.2) is 0 Å². The summed E-state index contributed by atoms with van der Waals surface area (Å²) in [6.45, 7) is 5.22. The standard InChI is InChI=1S/C11H19N3O4/c1-11(2,3)14(6-9(16)17)10(18)7-4-13-8(15)5-12-7/h7,12H,4-6H2,1-3H3,(H,13,15)(H,16,17). The molecule has 0 aliphatic carbocycles. The number of carboxylic acids is 1. The molecule has 1 unspecified atom stereocenters. The van der Waals surface area contributed by atoms with Gasteiger partial charge in [0.1, 0.15) is 12.6 Å². The van der Waals surface area contributed by atoms with Crippen LogP contribution in [0.3, 0.4) is 0 Å². The predicted molar refractivity (Wildman–Crippen MR) is 63.9 cm³/mol. The van der Waals surface area contributed by atoms with E-state index in [4.69, 9.17) is 5.11 Å². The fourth-order valence-electron chi connectivity index (χ4n) is 1.71. The largest absolute Gasteiger partial charge is 0.480 e. The molecule has 3 N–H and O–H groups in total. The number of carbonyl (C=O) groups is 3. The molecule has 0 radical (unpaired) electrons. The Kier molecular flexibility index (Phi) is 4.28. The normalized spacial score (nSPS) is 20.2. The van der Waals surface area contributed by atoms with Gasteiger partial charge in [-0.25, -0.2) is 0 Å². The van der Waals surface area contributed by atoms with Gasteiger partial charge in [-0.1, -0.05) is 0 Å². The van der Waals surface area contributed by atoms with Crippen LogP contribution in [0.5, 0.6) is 0 Å². The van der Waals surface area contributed by atoms with Gasteiger partial charge in [0.15, 0.2) is 0 Å². The Morgan fingerprint density at radius 3 is 2.44 bits per heavy atom. The van der Waals surface area contributed by atoms with Gasteiger partial charge in [0.25, 0.3) is 0 Å². The highest BCUT2D eigenvalue weighted by Crippen LogP contribution is 2.14. The summed E-state index contributed by atoms with van der Waals surface area (Å²) < 4.78 is 0. The van der Waals surface area contributed by atoms with Crippen LogP contribution >= 0.6 is 0 Å². The van der Waals surface area contributed by atoms with Crippen LogP contribution in [-0.2, 0) is 14.4 Å². The third-order valence-corrected chi connectivity index (χ3v) is 2.68. The summed E-state index contributed by atoms with van der Waals surface area (Å²) in [6, 6.07) is -0.568. The molecule has 1 saturated heterocycles. The number of carbonyl (C=O) groups excluding carboxylic acids is 2. The highest BCUT2D eigenvalue weighted by molar-refractivity contribution is 5.89. The topological polar surface area (TPSA) is 98.7 Å². The van der Waals surface area contributed by atoms with E-state index in [0.29, 0.717) is 0 Å². The Balaban J connectivity index is 2.76. The first kappa shape index (κ1) is 14.4. The van der Waals surface area contributed by atoms with Crippen molar-refractivity contribution in [1.82, 2.24) is 15.5 Å². The highest BCUT2D eigenvalue weighted by atomic mass is 16.4. The van der Waals surface area contributed by atoms with Crippen molar-refractivity contribution in [1.29, 1.82) is 0 Å². The smallest absolute Gasteiger partial charge is 0.323 e. The molecule has 1 atom stereocenters. The molecule has 18 heavy (non-hydrogen) atoms. The second-order valence-corrected chi connectivity index (χ2v) is 5.23. The second kappa shape index (κ2) is 5.34. The predicted octanol–water partition coefficient (Wildman–Crippen LogP) is -1.21. The van der Waals surface area contributed by atoms with E-state index >= 15 is 0 Å². The number of nitrogens with one attached hydrogen (secondary N) is 2. The van der Waals surface area contributed by atoms with Gasteiger partial charge >= 0.3 is 5.97 Å². The summed E-state index contributed by atoms with van der Waals surface area (Å²) in [5, 5.41) is 14.2. The lowest BCUT2D eigenvalue weighted by Crippen LogP contribution is -2.62. The molecule has 102 valence electrons. The van der Waals surface area contributed by atoms with E-state index in [1.165, 1.54) is 4.90 Å². The maximum Gasteiger partial charge on any atom is 0.323 e. The molecule has 1 rings (SSSR count). The summed E-state index contributed by atoms with van der Waals surface area (Å²) in [4.78, 5) is 35.3. The lowest BCUT2D eigenvalue weighted by Gasteiger charge is -2.37. The molecule has 2 amide bonds. The van der Waals surface area contributed by atoms with Crippen molar-refractivity contribution in [3.8, 4) is 0 Å². The average Bonchev–Trinajstić information content (AvgIpc) is 2.24. The maximum absolute atomic E-state index is 12.2. The Morgan fingerprint density at radius 2 is 2.06 bits per heavy atom. The van der Waals surface area contributed by atoms with Gasteiger partial charge in [-0.3, -0.25) is 19.7 Å². The summed E-state index contributed by atoms with van der Waals surface area (Å²) in [5.41, 5.74) is -0.585. The van der Waals surface area contributed by atoms with Crippen molar-refractivity contribution in [2.75, 3.05) is 19.6 Å². The third kappa shape index (κ3) is 3.69. The second-order valence-electron chi connectivity index (χ2n) is 5.23. The minimum absolute atomic E-state index is 0.0709. The summed E-state index contributed by atoms with van der Waals surface area (Å²) in [5.74, 6) is -1.54. The first-order chi connectivity index (χ1) is 8.21. The fraction of sp³-hybridized carbons (Fsp3) is 0.727. The molecule has 1 aliphatic heterocycles. The van der Waals surface area contributed by atoms with E-state index in [1.54, 1.807) is 20.8 Å². The van der Waals surface area contributed by atoms with Gasteiger partial charge in [0.2, 0.25) is 11.8 Å². The van der Waals surface area contributed by atoms with Crippen molar-refractivity contribution in [2.24, 2.45) is 0 Å². The number of nitrogens with zero attached hydrogens (tertiary/aromatic N) is 1. The Labute approximate surface area is 106 Å². The molecule has 1 fully saturated rings. The van der Waals surface area contributed by atoms with Gasteiger partial charge in [-0.15, -0.1) is 0 Å². The number of piperazine rings is 1. The van der Waals surface area contributed by atoms with Crippen LogP contribution in [-0.4, -0.2) is 59.0 Å². The zero-order valence-electron chi connectivity index (χ0n) is 10.8. The molecule has 0 bridgehead atoms. The van der Waals surface area contributed by atoms with Gasteiger partial charge in [-0.05, 0) is 20.8 Å². The molecule has 0 aromatic carbocycles. The van der Waals surface area contributed by atoms with Crippen LogP contribution in [0.25, 0.3) is 0 Å². The number of hydrogen-bond acceptors (Lipinski definition) is 4. The van der Waals surface area contributed by atoms with E-state index in [2.05, 4.69) is 10.6 Å². The first-order valence-electron chi connectivity index (χ1n) is 5.75. The molecule has 0 spiro atoms. The van der Waals surface area contributed by atoms with Crippen LogP contribution < -0.4 is 10.6 Å². The monoisotopic (exact) mass is 257 g/mol. The van der Waals surface area contributed by atoms with Crippen LogP contribution in [0, 0.1) is 0 Å². The van der Waals surface area contributed by atoms with Crippen molar-refractivity contribution in [2.45, 2.75) is 32.4 Å². The van der Waals surface area contributed by atoms with Crippen LogP contribution in [0.2, 0.25) is 0 Å². The SMILES string of the molecule is CC(C)(C)N(CC(=O)O)C(=O)C1CNC(=O)CN1. The Morgan fingerprint density at radius 1 is 1.44 bits per heavy atom. The number of aliphatic carboxylic acids is 1. The van der Waals surface area contributed by atoms with Gasteiger partial charge in [-0.2, -0.15) is 0 Å². The van der Waals surface area contributed by atoms with Crippen LogP contribution in [0.1, 0.15) is 20.8 Å². The third-order valence-electron chi connectivity index (χ3n) is 2.68. The minimum Gasteiger partial charge on any atom is -0.480 e. The lowest BCUT2D eigenvalue weighted by molar-refractivity contribution is -0.149. The maximum atomic E-state index is 12.2. The number of amides is 2. The summed E-state index contributed by atoms with van der Waals surface area (Å²) >= 11 is 0. The van der Waals surface area contributed by atoms with E-state index in [9.17, 15) is 14.4 Å². The van der Waals surface area contributed by atoms with Crippen molar-refractivity contribution >= 4 is 17.8 Å². The number of hydrogen-bond donors (Lipinski definition) is 3. The molecule has 7 nitrogen and oxygen atoms in total. The van der Waals surface area contributed by atoms with Crippen LogP contribution in [0.4, 0.5) is 0 Å². The molecule has 0 aromatic rings. The van der Waals surface area contributed by atoms with Gasteiger partial charge in [0, 0.05) is 12.1 Å². The molecule has 1 heterocycles. The van der Waals surface area contributed by atoms with E-state index in [1.807, 2.05) is 0 Å². The number of carboxylic acid groups (broad SMARTS) is 1. The average molecular weight is 257 g/mol. The lowest BCUT2D eigenvalue weighted by atomic mass is 10.0. The quantitative estimate of drug-likeness (QED) is 0.589. The summed E-state index contributed by atoms with van der Waals surface area (Å²) in [6.07, 6.45) is 0. The van der Waals surface area contributed by atoms with Crippen molar-refractivity contribution < 1.29 is 19.5 Å². The molecular formula is C11H19N3O4. The highest BCUT2D eigenvalue weighted by Gasteiger charge is 2.34. The molecule has 7 heteroatoms. The van der Waals surface area contributed by atoms with Gasteiger partial charge < -0.3 is 15.3 Å². The Bertz CT molecular complexity index is 352.